The van der Waals surface area contributed by atoms with E-state index in [1.165, 1.54) is 7.11 Å². The number of aromatic hydroxyl groups is 1. The summed E-state index contributed by atoms with van der Waals surface area (Å²) in [6.45, 7) is 1.99. The van der Waals surface area contributed by atoms with E-state index in [0.29, 0.717) is 17.2 Å². The molecule has 1 N–H and O–H groups in total. The first kappa shape index (κ1) is 16.1. The molecule has 0 unspecified atom stereocenters. The molecule has 0 radical (unpaired) electrons. The molecule has 5 nitrogen and oxygen atoms in total. The molecule has 0 aliphatic rings. The van der Waals surface area contributed by atoms with E-state index < -0.39 is 0 Å². The maximum atomic E-state index is 9.80. The standard InChI is InChI=1S/C18H15ClN2O3/c1-11-4-3-5-13(8-11)17-20-21-18(24-17)14(19)9-12-6-7-16(23-2)15(22)10-12/h3-10,22H,1-2H3/b14-9-. The van der Waals surface area contributed by atoms with Crippen molar-refractivity contribution in [2.24, 2.45) is 0 Å². The Labute approximate surface area is 144 Å². The summed E-state index contributed by atoms with van der Waals surface area (Å²) in [6, 6.07) is 12.7. The summed E-state index contributed by atoms with van der Waals surface area (Å²) < 4.78 is 10.6. The lowest BCUT2D eigenvalue weighted by Gasteiger charge is -2.03. The number of hydrogen-bond acceptors (Lipinski definition) is 5. The summed E-state index contributed by atoms with van der Waals surface area (Å²) in [5.41, 5.74) is 2.62. The lowest BCUT2D eigenvalue weighted by atomic mass is 10.1. The zero-order valence-corrected chi connectivity index (χ0v) is 13.9. The van der Waals surface area contributed by atoms with Crippen LogP contribution in [0.15, 0.2) is 46.9 Å². The number of methoxy groups -OCH3 is 1. The number of nitrogens with zero attached hydrogens (tertiary/aromatic N) is 2. The van der Waals surface area contributed by atoms with E-state index >= 15 is 0 Å². The van der Waals surface area contributed by atoms with E-state index in [4.69, 9.17) is 20.8 Å². The topological polar surface area (TPSA) is 68.4 Å². The Morgan fingerprint density at radius 1 is 1.21 bits per heavy atom. The fourth-order valence-corrected chi connectivity index (χ4v) is 2.42. The molecule has 0 saturated heterocycles. The number of halogens is 1. The van der Waals surface area contributed by atoms with Crippen LogP contribution in [0.1, 0.15) is 17.0 Å². The van der Waals surface area contributed by atoms with Crippen LogP contribution >= 0.6 is 11.6 Å². The molecule has 3 rings (SSSR count). The van der Waals surface area contributed by atoms with Crippen molar-refractivity contribution in [3.05, 3.63) is 59.5 Å². The van der Waals surface area contributed by atoms with Gasteiger partial charge in [-0.25, -0.2) is 0 Å². The van der Waals surface area contributed by atoms with Gasteiger partial charge >= 0.3 is 0 Å². The second-order valence-electron chi connectivity index (χ2n) is 5.21. The zero-order valence-electron chi connectivity index (χ0n) is 13.2. The van der Waals surface area contributed by atoms with Gasteiger partial charge in [0.1, 0.15) is 5.03 Å². The van der Waals surface area contributed by atoms with E-state index in [2.05, 4.69) is 10.2 Å². The van der Waals surface area contributed by atoms with Crippen molar-refractivity contribution >= 4 is 22.7 Å². The van der Waals surface area contributed by atoms with Crippen molar-refractivity contribution in [1.29, 1.82) is 0 Å². The highest BCUT2D eigenvalue weighted by atomic mass is 35.5. The smallest absolute Gasteiger partial charge is 0.259 e. The Hall–Kier alpha value is -2.79. The predicted molar refractivity (Wildman–Crippen MR) is 92.9 cm³/mol. The fraction of sp³-hybridized carbons (Fsp3) is 0.111. The molecule has 1 heterocycles. The van der Waals surface area contributed by atoms with Crippen LogP contribution in [-0.2, 0) is 0 Å². The van der Waals surface area contributed by atoms with E-state index in [-0.39, 0.29) is 16.7 Å². The Bertz CT molecular complexity index is 903. The minimum Gasteiger partial charge on any atom is -0.504 e. The summed E-state index contributed by atoms with van der Waals surface area (Å²) >= 11 is 6.25. The summed E-state index contributed by atoms with van der Waals surface area (Å²) in [5, 5.41) is 18.1. The average Bonchev–Trinajstić information content (AvgIpc) is 3.05. The largest absolute Gasteiger partial charge is 0.504 e. The fourth-order valence-electron chi connectivity index (χ4n) is 2.22. The van der Waals surface area contributed by atoms with Crippen LogP contribution in [0.4, 0.5) is 0 Å². The molecule has 0 amide bonds. The molecule has 0 fully saturated rings. The van der Waals surface area contributed by atoms with Crippen molar-refractivity contribution in [1.82, 2.24) is 10.2 Å². The van der Waals surface area contributed by atoms with E-state index in [9.17, 15) is 5.11 Å². The summed E-state index contributed by atoms with van der Waals surface area (Å²) in [6.07, 6.45) is 1.63. The summed E-state index contributed by atoms with van der Waals surface area (Å²) in [7, 11) is 1.49. The monoisotopic (exact) mass is 342 g/mol. The lowest BCUT2D eigenvalue weighted by Crippen LogP contribution is -1.84. The maximum absolute atomic E-state index is 9.80. The number of ether oxygens (including phenoxy) is 1. The number of hydrogen-bond donors (Lipinski definition) is 1. The molecule has 0 aliphatic heterocycles. The molecule has 0 saturated carbocycles. The van der Waals surface area contributed by atoms with Crippen LogP contribution in [0.2, 0.25) is 0 Å². The molecule has 6 heteroatoms. The molecule has 2 aromatic carbocycles. The molecule has 1 aromatic heterocycles. The molecule has 24 heavy (non-hydrogen) atoms. The van der Waals surface area contributed by atoms with Gasteiger partial charge < -0.3 is 14.3 Å². The first-order chi connectivity index (χ1) is 11.6. The van der Waals surface area contributed by atoms with Crippen LogP contribution < -0.4 is 4.74 Å². The molecular formula is C18H15ClN2O3. The van der Waals surface area contributed by atoms with Gasteiger partial charge in [-0.2, -0.15) is 0 Å². The van der Waals surface area contributed by atoms with Gasteiger partial charge in [0, 0.05) is 5.56 Å². The molecular weight excluding hydrogens is 328 g/mol. The number of phenols is 1. The number of aromatic nitrogens is 2. The van der Waals surface area contributed by atoms with Crippen LogP contribution in [0.25, 0.3) is 22.6 Å². The van der Waals surface area contributed by atoms with Gasteiger partial charge in [0.25, 0.3) is 5.89 Å². The molecule has 0 spiro atoms. The third kappa shape index (κ3) is 3.41. The SMILES string of the molecule is COc1ccc(/C=C(\Cl)c2nnc(-c3cccc(C)c3)o2)cc1O. The van der Waals surface area contributed by atoms with Gasteiger partial charge in [0.15, 0.2) is 11.5 Å². The normalized spacial score (nSPS) is 11.5. The van der Waals surface area contributed by atoms with Crippen LogP contribution in [-0.4, -0.2) is 22.4 Å². The van der Waals surface area contributed by atoms with Crippen molar-refractivity contribution in [2.45, 2.75) is 6.92 Å². The summed E-state index contributed by atoms with van der Waals surface area (Å²) in [4.78, 5) is 0. The quantitative estimate of drug-likeness (QED) is 0.756. The highest BCUT2D eigenvalue weighted by Gasteiger charge is 2.12. The number of rotatable bonds is 4. The molecule has 0 bridgehead atoms. The maximum Gasteiger partial charge on any atom is 0.259 e. The lowest BCUT2D eigenvalue weighted by molar-refractivity contribution is 0.373. The Morgan fingerprint density at radius 3 is 2.75 bits per heavy atom. The van der Waals surface area contributed by atoms with E-state index in [0.717, 1.165) is 11.1 Å². The predicted octanol–water partition coefficient (Wildman–Crippen LogP) is 4.50. The highest BCUT2D eigenvalue weighted by molar-refractivity contribution is 6.50. The molecule has 0 aliphatic carbocycles. The molecule has 0 atom stereocenters. The van der Waals surface area contributed by atoms with Crippen LogP contribution in [0.3, 0.4) is 0 Å². The van der Waals surface area contributed by atoms with Gasteiger partial charge in [0.05, 0.1) is 7.11 Å². The number of aryl methyl sites for hydroxylation is 1. The highest BCUT2D eigenvalue weighted by Crippen LogP contribution is 2.30. The average molecular weight is 343 g/mol. The Morgan fingerprint density at radius 2 is 2.04 bits per heavy atom. The Kier molecular flexibility index (Phi) is 4.53. The molecule has 122 valence electrons. The van der Waals surface area contributed by atoms with Gasteiger partial charge in [-0.1, -0.05) is 35.4 Å². The van der Waals surface area contributed by atoms with Crippen molar-refractivity contribution < 1.29 is 14.3 Å². The minimum atomic E-state index is 0.0293. The number of benzene rings is 2. The third-order valence-corrected chi connectivity index (χ3v) is 3.66. The number of phenolic OH excluding ortho intramolecular Hbond substituents is 1. The van der Waals surface area contributed by atoms with Crippen molar-refractivity contribution in [3.8, 4) is 23.0 Å². The first-order valence-electron chi connectivity index (χ1n) is 7.22. The van der Waals surface area contributed by atoms with Gasteiger partial charge in [-0.05, 0) is 42.8 Å². The Balaban J connectivity index is 1.88. The zero-order chi connectivity index (χ0) is 17.1. The van der Waals surface area contributed by atoms with Crippen molar-refractivity contribution in [2.75, 3.05) is 7.11 Å². The molecule has 3 aromatic rings. The van der Waals surface area contributed by atoms with Crippen LogP contribution in [0.5, 0.6) is 11.5 Å². The minimum absolute atomic E-state index is 0.0293. The second-order valence-corrected chi connectivity index (χ2v) is 5.61. The van der Waals surface area contributed by atoms with Gasteiger partial charge in [0.2, 0.25) is 5.89 Å². The van der Waals surface area contributed by atoms with Gasteiger partial charge in [-0.15, -0.1) is 10.2 Å². The third-order valence-electron chi connectivity index (χ3n) is 3.39. The van der Waals surface area contributed by atoms with Crippen molar-refractivity contribution in [3.63, 3.8) is 0 Å². The van der Waals surface area contributed by atoms with E-state index in [1.54, 1.807) is 24.3 Å². The summed E-state index contributed by atoms with van der Waals surface area (Å²) in [5.74, 6) is 1.03. The van der Waals surface area contributed by atoms with Crippen LogP contribution in [0, 0.1) is 6.92 Å². The first-order valence-corrected chi connectivity index (χ1v) is 7.60. The second kappa shape index (κ2) is 6.76. The van der Waals surface area contributed by atoms with E-state index in [1.807, 2.05) is 31.2 Å². The van der Waals surface area contributed by atoms with Gasteiger partial charge in [-0.3, -0.25) is 0 Å².